The Morgan fingerprint density at radius 2 is 1.89 bits per heavy atom. The van der Waals surface area contributed by atoms with Gasteiger partial charge < -0.3 is 24.4 Å². The second kappa shape index (κ2) is 12.9. The number of benzene rings is 1. The van der Waals surface area contributed by atoms with Crippen LogP contribution in [0.15, 0.2) is 18.2 Å². The number of amides is 1. The summed E-state index contributed by atoms with van der Waals surface area (Å²) >= 11 is 0. The molecule has 10 heteroatoms. The van der Waals surface area contributed by atoms with Crippen LogP contribution >= 0.6 is 0 Å². The number of rotatable bonds is 6. The summed E-state index contributed by atoms with van der Waals surface area (Å²) in [6.45, 7) is 6.51. The fourth-order valence-electron chi connectivity index (χ4n) is 4.04. The molecule has 0 saturated carbocycles. The normalized spacial score (nSPS) is 23.9. The molecule has 1 N–H and O–H groups in total. The Morgan fingerprint density at radius 1 is 1.20 bits per heavy atom. The van der Waals surface area contributed by atoms with Crippen LogP contribution in [-0.4, -0.2) is 101 Å². The first-order chi connectivity index (χ1) is 16.3. The van der Waals surface area contributed by atoms with Crippen molar-refractivity contribution in [1.29, 1.82) is 0 Å². The second-order valence-electron chi connectivity index (χ2n) is 9.92. The maximum atomic E-state index is 13.9. The lowest BCUT2D eigenvalue weighted by molar-refractivity contribution is -0.00828. The van der Waals surface area contributed by atoms with Crippen LogP contribution in [0.2, 0.25) is 0 Å². The third-order valence-electron chi connectivity index (χ3n) is 6.55. The maximum Gasteiger partial charge on any atom is 0.258 e. The largest absolute Gasteiger partial charge is 0.490 e. The van der Waals surface area contributed by atoms with Crippen molar-refractivity contribution in [2.75, 3.05) is 58.6 Å². The summed E-state index contributed by atoms with van der Waals surface area (Å²) in [5.74, 6) is 0.106. The lowest BCUT2D eigenvalue weighted by Crippen LogP contribution is -2.47. The fraction of sp³-hybridized carbons (Fsp3) is 0.720. The first-order valence-corrected chi connectivity index (χ1v) is 14.1. The van der Waals surface area contributed by atoms with Crippen molar-refractivity contribution in [3.63, 3.8) is 0 Å². The van der Waals surface area contributed by atoms with Gasteiger partial charge in [0.25, 0.3) is 5.91 Å². The molecule has 1 aliphatic heterocycles. The molecule has 1 aromatic rings. The van der Waals surface area contributed by atoms with Crippen LogP contribution in [0.25, 0.3) is 0 Å². The number of anilines is 1. The van der Waals surface area contributed by atoms with Crippen molar-refractivity contribution >= 4 is 21.6 Å². The minimum absolute atomic E-state index is 0.0931. The molecular weight excluding hydrogens is 470 g/mol. The van der Waals surface area contributed by atoms with Gasteiger partial charge in [0.1, 0.15) is 5.75 Å². The Hall–Kier alpha value is -1.88. The molecule has 1 aliphatic rings. The van der Waals surface area contributed by atoms with Crippen molar-refractivity contribution in [3.8, 4) is 5.75 Å². The van der Waals surface area contributed by atoms with Crippen molar-refractivity contribution < 1.29 is 27.8 Å². The molecule has 0 radical (unpaired) electrons. The Bertz CT molecular complexity index is 939. The van der Waals surface area contributed by atoms with Crippen LogP contribution in [0.1, 0.15) is 50.4 Å². The Morgan fingerprint density at radius 3 is 2.49 bits per heavy atom. The summed E-state index contributed by atoms with van der Waals surface area (Å²) in [7, 11) is 1.98. The van der Waals surface area contributed by atoms with Crippen molar-refractivity contribution in [2.24, 2.45) is 5.92 Å². The molecule has 0 aromatic heterocycles. The molecule has 0 fully saturated rings. The quantitative estimate of drug-likeness (QED) is 0.624. The first-order valence-electron chi connectivity index (χ1n) is 12.3. The van der Waals surface area contributed by atoms with Gasteiger partial charge in [-0.1, -0.05) is 6.92 Å². The van der Waals surface area contributed by atoms with Crippen molar-refractivity contribution in [3.05, 3.63) is 23.8 Å². The van der Waals surface area contributed by atoms with Gasteiger partial charge in [-0.25, -0.2) is 12.7 Å². The van der Waals surface area contributed by atoms with Gasteiger partial charge in [-0.2, -0.15) is 0 Å². The monoisotopic (exact) mass is 513 g/mol. The smallest absolute Gasteiger partial charge is 0.258 e. The van der Waals surface area contributed by atoms with Crippen LogP contribution in [0.3, 0.4) is 0 Å². The second-order valence-corrected chi connectivity index (χ2v) is 12.0. The summed E-state index contributed by atoms with van der Waals surface area (Å²) in [4.78, 5) is 17.5. The van der Waals surface area contributed by atoms with E-state index in [1.165, 1.54) is 17.6 Å². The third-order valence-corrected chi connectivity index (χ3v) is 7.84. The van der Waals surface area contributed by atoms with Crippen LogP contribution in [0.4, 0.5) is 5.69 Å². The molecule has 9 nitrogen and oxygen atoms in total. The van der Waals surface area contributed by atoms with E-state index in [0.717, 1.165) is 24.9 Å². The number of carbonyl (C=O) groups excluding carboxylic acids is 1. The van der Waals surface area contributed by atoms with Gasteiger partial charge in [-0.05, 0) is 51.3 Å². The molecule has 0 spiro atoms. The zero-order valence-corrected chi connectivity index (χ0v) is 23.0. The van der Waals surface area contributed by atoms with Gasteiger partial charge in [0.05, 0.1) is 36.7 Å². The van der Waals surface area contributed by atoms with Crippen LogP contribution in [-0.2, 0) is 14.8 Å². The maximum absolute atomic E-state index is 13.9. The van der Waals surface area contributed by atoms with Gasteiger partial charge >= 0.3 is 0 Å². The number of nitrogens with zero attached hydrogens (tertiary/aromatic N) is 3. The molecule has 200 valence electrons. The van der Waals surface area contributed by atoms with Gasteiger partial charge in [-0.3, -0.25) is 4.79 Å². The highest BCUT2D eigenvalue weighted by molar-refractivity contribution is 7.88. The fourth-order valence-corrected chi connectivity index (χ4v) is 4.46. The summed E-state index contributed by atoms with van der Waals surface area (Å²) < 4.78 is 37.8. The van der Waals surface area contributed by atoms with Crippen molar-refractivity contribution in [1.82, 2.24) is 9.21 Å². The number of carbonyl (C=O) groups is 1. The van der Waals surface area contributed by atoms with E-state index in [9.17, 15) is 18.3 Å². The zero-order chi connectivity index (χ0) is 26.3. The number of likely N-dealkylation sites (N-methyl/N-ethyl adjacent to an activating group) is 1. The molecule has 1 aromatic carbocycles. The van der Waals surface area contributed by atoms with E-state index in [4.69, 9.17) is 9.47 Å². The average Bonchev–Trinajstić information content (AvgIpc) is 2.79. The van der Waals surface area contributed by atoms with E-state index in [-0.39, 0.29) is 31.1 Å². The molecule has 0 saturated heterocycles. The number of ether oxygens (including phenoxy) is 2. The number of aliphatic hydroxyl groups is 1. The van der Waals surface area contributed by atoms with Gasteiger partial charge in [0.15, 0.2) is 0 Å². The number of hydrogen-bond donors (Lipinski definition) is 1. The minimum Gasteiger partial charge on any atom is -0.490 e. The molecular formula is C25H43N3O6S. The predicted molar refractivity (Wildman–Crippen MR) is 139 cm³/mol. The van der Waals surface area contributed by atoms with Gasteiger partial charge in [0, 0.05) is 52.4 Å². The van der Waals surface area contributed by atoms with Crippen LogP contribution < -0.4 is 9.64 Å². The SMILES string of the molecule is C[C@@H]1CCCCO[C@H](CN(C)S(C)(=O)=O)[C@@H](C)CN([C@H](C)CO)C(=O)c2cc(N(C)C)ccc2O1. The number of sulfonamides is 1. The van der Waals surface area contributed by atoms with E-state index in [1.807, 2.05) is 51.0 Å². The predicted octanol–water partition coefficient (Wildman–Crippen LogP) is 2.44. The first kappa shape index (κ1) is 29.4. The van der Waals surface area contributed by atoms with E-state index in [2.05, 4.69) is 0 Å². The summed E-state index contributed by atoms with van der Waals surface area (Å²) in [5, 5.41) is 9.96. The molecule has 0 bridgehead atoms. The summed E-state index contributed by atoms with van der Waals surface area (Å²) in [6.07, 6.45) is 3.18. The highest BCUT2D eigenvalue weighted by Gasteiger charge is 2.31. The Balaban J connectivity index is 2.49. The van der Waals surface area contributed by atoms with Gasteiger partial charge in [0.2, 0.25) is 10.0 Å². The summed E-state index contributed by atoms with van der Waals surface area (Å²) in [6, 6.07) is 5.14. The third kappa shape index (κ3) is 8.34. The molecule has 4 atom stereocenters. The molecule has 0 unspecified atom stereocenters. The minimum atomic E-state index is -3.38. The van der Waals surface area contributed by atoms with Gasteiger partial charge in [-0.15, -0.1) is 0 Å². The van der Waals surface area contributed by atoms with E-state index in [0.29, 0.717) is 24.5 Å². The van der Waals surface area contributed by atoms with Crippen molar-refractivity contribution in [2.45, 2.75) is 58.3 Å². The molecule has 1 amide bonds. The highest BCUT2D eigenvalue weighted by Crippen LogP contribution is 2.29. The number of aliphatic hydroxyl groups excluding tert-OH is 1. The molecule has 1 heterocycles. The topological polar surface area (TPSA) is 99.6 Å². The standard InChI is InChI=1S/C25H43N3O6S/c1-18-15-28(19(2)17-29)25(30)22-14-21(26(4)5)11-12-23(22)34-20(3)10-8-9-13-33-24(18)16-27(6)35(7,31)32/h11-12,14,18-20,24,29H,8-10,13,15-17H2,1-7H3/t18-,19+,20+,24+/m0/s1. The Labute approximate surface area is 211 Å². The molecule has 35 heavy (non-hydrogen) atoms. The number of hydrogen-bond acceptors (Lipinski definition) is 7. The van der Waals surface area contributed by atoms with E-state index >= 15 is 0 Å². The van der Waals surface area contributed by atoms with E-state index < -0.39 is 22.2 Å². The number of fused-ring (bicyclic) bond motifs is 1. The lowest BCUT2D eigenvalue weighted by atomic mass is 10.0. The highest BCUT2D eigenvalue weighted by atomic mass is 32.2. The van der Waals surface area contributed by atoms with E-state index in [1.54, 1.807) is 11.8 Å². The summed E-state index contributed by atoms with van der Waals surface area (Å²) in [5.41, 5.74) is 1.31. The Kier molecular flexibility index (Phi) is 10.8. The molecule has 0 aliphatic carbocycles. The average molecular weight is 514 g/mol. The molecule has 2 rings (SSSR count). The lowest BCUT2D eigenvalue weighted by Gasteiger charge is -2.35. The zero-order valence-electron chi connectivity index (χ0n) is 22.2. The van der Waals surface area contributed by atoms with Crippen LogP contribution in [0.5, 0.6) is 5.75 Å². The van der Waals surface area contributed by atoms with Crippen LogP contribution in [0, 0.1) is 5.92 Å².